The maximum Gasteiger partial charge on any atom is 0.320 e. The average molecular weight is 277 g/mol. The van der Waals surface area contributed by atoms with Crippen LogP contribution in [0.25, 0.3) is 0 Å². The number of halogens is 1. The molecule has 6 heteroatoms. The number of aromatic nitrogens is 2. The van der Waals surface area contributed by atoms with Crippen LogP contribution in [0.5, 0.6) is 0 Å². The SMILES string of the molecule is COC(=O)C(Br)CSc1ccncn1. The second-order valence-electron chi connectivity index (χ2n) is 2.35. The number of methoxy groups -OCH3 is 1. The quantitative estimate of drug-likeness (QED) is 0.361. The number of hydrogen-bond donors (Lipinski definition) is 0. The van der Waals surface area contributed by atoms with E-state index in [0.29, 0.717) is 5.75 Å². The van der Waals surface area contributed by atoms with Gasteiger partial charge in [0.1, 0.15) is 11.2 Å². The van der Waals surface area contributed by atoms with Crippen LogP contribution in [0.4, 0.5) is 0 Å². The highest BCUT2D eigenvalue weighted by Gasteiger charge is 2.15. The van der Waals surface area contributed by atoms with E-state index in [4.69, 9.17) is 0 Å². The van der Waals surface area contributed by atoms with E-state index >= 15 is 0 Å². The van der Waals surface area contributed by atoms with Crippen LogP contribution in [0.1, 0.15) is 0 Å². The lowest BCUT2D eigenvalue weighted by atomic mass is 10.5. The summed E-state index contributed by atoms with van der Waals surface area (Å²) in [6, 6.07) is 1.79. The zero-order valence-electron chi connectivity index (χ0n) is 7.51. The molecule has 1 heterocycles. The van der Waals surface area contributed by atoms with Crippen molar-refractivity contribution in [1.82, 2.24) is 9.97 Å². The molecule has 0 N–H and O–H groups in total. The second kappa shape index (κ2) is 5.98. The molecule has 1 atom stereocenters. The van der Waals surface area contributed by atoms with Gasteiger partial charge in [0.15, 0.2) is 0 Å². The molecule has 1 aromatic rings. The third kappa shape index (κ3) is 3.63. The molecule has 0 aliphatic carbocycles. The van der Waals surface area contributed by atoms with Crippen LogP contribution < -0.4 is 0 Å². The van der Waals surface area contributed by atoms with E-state index < -0.39 is 0 Å². The summed E-state index contributed by atoms with van der Waals surface area (Å²) in [4.78, 5) is 18.5. The van der Waals surface area contributed by atoms with Crippen molar-refractivity contribution in [3.05, 3.63) is 18.6 Å². The third-order valence-electron chi connectivity index (χ3n) is 1.39. The fourth-order valence-electron chi connectivity index (χ4n) is 0.718. The van der Waals surface area contributed by atoms with Gasteiger partial charge in [0.2, 0.25) is 0 Å². The van der Waals surface area contributed by atoms with Crippen LogP contribution in [-0.4, -0.2) is 33.6 Å². The summed E-state index contributed by atoms with van der Waals surface area (Å²) < 4.78 is 4.57. The zero-order valence-corrected chi connectivity index (χ0v) is 9.92. The fraction of sp³-hybridized carbons (Fsp3) is 0.375. The van der Waals surface area contributed by atoms with Crippen molar-refractivity contribution < 1.29 is 9.53 Å². The first-order chi connectivity index (χ1) is 6.74. The number of rotatable bonds is 4. The monoisotopic (exact) mass is 276 g/mol. The predicted octanol–water partition coefficient (Wildman–Crippen LogP) is 1.51. The molecule has 0 amide bonds. The van der Waals surface area contributed by atoms with Crippen LogP contribution in [0.3, 0.4) is 0 Å². The van der Waals surface area contributed by atoms with Gasteiger partial charge in [0.05, 0.1) is 12.1 Å². The predicted molar refractivity (Wildman–Crippen MR) is 57.5 cm³/mol. The molecular weight excluding hydrogens is 268 g/mol. The second-order valence-corrected chi connectivity index (χ2v) is 4.49. The van der Waals surface area contributed by atoms with E-state index in [2.05, 4.69) is 30.6 Å². The topological polar surface area (TPSA) is 52.1 Å². The Morgan fingerprint density at radius 1 is 1.79 bits per heavy atom. The Balaban J connectivity index is 2.38. The van der Waals surface area contributed by atoms with E-state index in [1.807, 2.05) is 0 Å². The Kier molecular flexibility index (Phi) is 4.89. The summed E-state index contributed by atoms with van der Waals surface area (Å²) in [5.41, 5.74) is 0. The molecular formula is C8H9BrN2O2S. The number of hydrogen-bond acceptors (Lipinski definition) is 5. The highest BCUT2D eigenvalue weighted by atomic mass is 79.9. The van der Waals surface area contributed by atoms with Crippen LogP contribution in [-0.2, 0) is 9.53 Å². The summed E-state index contributed by atoms with van der Waals surface area (Å²) in [5.74, 6) is 0.315. The number of esters is 1. The lowest BCUT2D eigenvalue weighted by Gasteiger charge is -2.05. The molecule has 14 heavy (non-hydrogen) atoms. The third-order valence-corrected chi connectivity index (χ3v) is 3.55. The highest BCUT2D eigenvalue weighted by molar-refractivity contribution is 9.10. The minimum absolute atomic E-state index is 0.272. The van der Waals surface area contributed by atoms with Crippen LogP contribution >= 0.6 is 27.7 Å². The number of alkyl halides is 1. The number of carbonyl (C=O) groups excluding carboxylic acids is 1. The van der Waals surface area contributed by atoms with Gasteiger partial charge in [-0.2, -0.15) is 0 Å². The van der Waals surface area contributed by atoms with E-state index in [9.17, 15) is 4.79 Å². The van der Waals surface area contributed by atoms with E-state index in [1.54, 1.807) is 12.3 Å². The molecule has 0 saturated heterocycles. The first-order valence-corrected chi connectivity index (χ1v) is 5.75. The molecule has 1 unspecified atom stereocenters. The standard InChI is InChI=1S/C8H9BrN2O2S/c1-13-8(12)6(9)4-14-7-2-3-10-5-11-7/h2-3,5-6H,4H2,1H3. The molecule has 1 aromatic heterocycles. The average Bonchev–Trinajstić information content (AvgIpc) is 2.26. The van der Waals surface area contributed by atoms with Gasteiger partial charge in [-0.05, 0) is 6.07 Å². The first kappa shape index (κ1) is 11.5. The van der Waals surface area contributed by atoms with E-state index in [-0.39, 0.29) is 10.8 Å². The van der Waals surface area contributed by atoms with E-state index in [1.165, 1.54) is 25.2 Å². The maximum absolute atomic E-state index is 11.0. The molecule has 76 valence electrons. The Hall–Kier alpha value is -0.620. The Morgan fingerprint density at radius 3 is 3.14 bits per heavy atom. The van der Waals surface area contributed by atoms with E-state index in [0.717, 1.165) is 5.03 Å². The molecule has 0 saturated carbocycles. The lowest BCUT2D eigenvalue weighted by molar-refractivity contribution is -0.139. The van der Waals surface area contributed by atoms with Crippen molar-refractivity contribution >= 4 is 33.7 Å². The van der Waals surface area contributed by atoms with Gasteiger partial charge in [-0.15, -0.1) is 11.8 Å². The molecule has 1 rings (SSSR count). The van der Waals surface area contributed by atoms with Crippen molar-refractivity contribution in [2.75, 3.05) is 12.9 Å². The summed E-state index contributed by atoms with van der Waals surface area (Å²) in [6.45, 7) is 0. The molecule has 0 aliphatic heterocycles. The van der Waals surface area contributed by atoms with Crippen LogP contribution in [0.2, 0.25) is 0 Å². The smallest absolute Gasteiger partial charge is 0.320 e. The number of thioether (sulfide) groups is 1. The van der Waals surface area contributed by atoms with Crippen molar-refractivity contribution in [1.29, 1.82) is 0 Å². The number of nitrogens with zero attached hydrogens (tertiary/aromatic N) is 2. The van der Waals surface area contributed by atoms with Gasteiger partial charge in [-0.1, -0.05) is 15.9 Å². The van der Waals surface area contributed by atoms with Crippen LogP contribution in [0.15, 0.2) is 23.6 Å². The minimum atomic E-state index is -0.299. The van der Waals surface area contributed by atoms with Crippen LogP contribution in [0, 0.1) is 0 Å². The summed E-state index contributed by atoms with van der Waals surface area (Å²) in [7, 11) is 1.37. The van der Waals surface area contributed by atoms with Gasteiger partial charge >= 0.3 is 5.97 Å². The Bertz CT molecular complexity index is 297. The van der Waals surface area contributed by atoms with Gasteiger partial charge in [-0.25, -0.2) is 9.97 Å². The molecule has 0 spiro atoms. The molecule has 0 aliphatic rings. The van der Waals surface area contributed by atoms with Gasteiger partial charge in [-0.3, -0.25) is 4.79 Å². The highest BCUT2D eigenvalue weighted by Crippen LogP contribution is 2.18. The molecule has 4 nitrogen and oxygen atoms in total. The summed E-state index contributed by atoms with van der Waals surface area (Å²) in [5, 5.41) is 0.841. The Labute approximate surface area is 94.6 Å². The largest absolute Gasteiger partial charge is 0.468 e. The van der Waals surface area contributed by atoms with Gasteiger partial charge < -0.3 is 4.74 Å². The van der Waals surface area contributed by atoms with Crippen molar-refractivity contribution in [2.24, 2.45) is 0 Å². The zero-order chi connectivity index (χ0) is 10.4. The normalized spacial score (nSPS) is 12.1. The molecule has 0 fully saturated rings. The van der Waals surface area contributed by atoms with Crippen molar-refractivity contribution in [3.63, 3.8) is 0 Å². The van der Waals surface area contributed by atoms with Gasteiger partial charge in [0, 0.05) is 11.9 Å². The molecule has 0 bridgehead atoms. The molecule has 0 radical (unpaired) electrons. The number of carbonyl (C=O) groups is 1. The maximum atomic E-state index is 11.0. The van der Waals surface area contributed by atoms with Crippen molar-refractivity contribution in [2.45, 2.75) is 9.85 Å². The minimum Gasteiger partial charge on any atom is -0.468 e. The van der Waals surface area contributed by atoms with Crippen molar-refractivity contribution in [3.8, 4) is 0 Å². The summed E-state index contributed by atoms with van der Waals surface area (Å²) in [6.07, 6.45) is 3.14. The fourth-order valence-corrected chi connectivity index (χ4v) is 2.03. The number of ether oxygens (including phenoxy) is 1. The molecule has 0 aromatic carbocycles. The first-order valence-electron chi connectivity index (χ1n) is 3.84. The van der Waals surface area contributed by atoms with Gasteiger partial charge in [0.25, 0.3) is 0 Å². The summed E-state index contributed by atoms with van der Waals surface area (Å²) >= 11 is 4.70. The Morgan fingerprint density at radius 2 is 2.57 bits per heavy atom. The lowest BCUT2D eigenvalue weighted by Crippen LogP contribution is -2.17.